The van der Waals surface area contributed by atoms with Crippen molar-refractivity contribution in [2.24, 2.45) is 0 Å². The van der Waals surface area contributed by atoms with Crippen LogP contribution in [0.15, 0.2) is 24.3 Å². The van der Waals surface area contributed by atoms with Crippen molar-refractivity contribution in [1.29, 1.82) is 0 Å². The number of carbonyl (C=O) groups excluding carboxylic acids is 3. The molecule has 0 amide bonds. The number of ether oxygens (including phenoxy) is 3. The molecule has 8 heteroatoms. The summed E-state index contributed by atoms with van der Waals surface area (Å²) in [5.41, 5.74) is 0. The second kappa shape index (κ2) is 27.4. The Bertz CT molecular complexity index is 773. The zero-order valence-electron chi connectivity index (χ0n) is 28.1. The average molecular weight is 610 g/mol. The highest BCUT2D eigenvalue weighted by atomic mass is 16.6. The summed E-state index contributed by atoms with van der Waals surface area (Å²) < 4.78 is 16.9. The first kappa shape index (κ1) is 40.8. The summed E-state index contributed by atoms with van der Waals surface area (Å²) in [5, 5.41) is 11.5. The van der Waals surface area contributed by atoms with Crippen LogP contribution in [0.3, 0.4) is 0 Å². The number of rotatable bonds is 29. The number of esters is 2. The average Bonchev–Trinajstić information content (AvgIpc) is 2.94. The number of carboxylic acids is 1. The van der Waals surface area contributed by atoms with Gasteiger partial charge in [-0.15, -0.1) is 0 Å². The highest BCUT2D eigenvalue weighted by molar-refractivity contribution is 5.70. The van der Waals surface area contributed by atoms with Crippen LogP contribution in [0.25, 0.3) is 0 Å². The largest absolute Gasteiger partial charge is 0.544 e. The molecule has 0 saturated carbocycles. The number of hydrogen-bond donors (Lipinski definition) is 0. The summed E-state index contributed by atoms with van der Waals surface area (Å²) in [6.07, 6.45) is 25.0. The molecule has 0 aromatic carbocycles. The maximum Gasteiger partial charge on any atom is 0.306 e. The Labute approximate surface area is 262 Å². The van der Waals surface area contributed by atoms with E-state index in [1.165, 1.54) is 25.7 Å². The van der Waals surface area contributed by atoms with Gasteiger partial charge in [-0.2, -0.15) is 0 Å². The van der Waals surface area contributed by atoms with E-state index in [-0.39, 0.29) is 42.7 Å². The van der Waals surface area contributed by atoms with Crippen LogP contribution in [0.1, 0.15) is 129 Å². The Hall–Kier alpha value is -2.19. The van der Waals surface area contributed by atoms with Crippen LogP contribution >= 0.6 is 0 Å². The summed E-state index contributed by atoms with van der Waals surface area (Å²) in [4.78, 5) is 36.3. The molecular weight excluding hydrogens is 546 g/mol. The van der Waals surface area contributed by atoms with Gasteiger partial charge in [-0.3, -0.25) is 9.59 Å². The molecule has 0 aliphatic heterocycles. The minimum Gasteiger partial charge on any atom is -0.544 e. The fourth-order valence-corrected chi connectivity index (χ4v) is 4.69. The van der Waals surface area contributed by atoms with E-state index in [9.17, 15) is 19.5 Å². The molecule has 0 aromatic rings. The molecule has 2 atom stereocenters. The van der Waals surface area contributed by atoms with Gasteiger partial charge in [-0.1, -0.05) is 95.9 Å². The lowest BCUT2D eigenvalue weighted by atomic mass is 10.1. The number of nitrogens with zero attached hydrogens (tertiary/aromatic N) is 1. The third-order valence-corrected chi connectivity index (χ3v) is 7.35. The highest BCUT2D eigenvalue weighted by Crippen LogP contribution is 2.12. The van der Waals surface area contributed by atoms with Crippen molar-refractivity contribution in [3.63, 3.8) is 0 Å². The van der Waals surface area contributed by atoms with Crippen LogP contribution in [0.5, 0.6) is 0 Å². The predicted octanol–water partition coefficient (Wildman–Crippen LogP) is 6.46. The fraction of sp³-hybridized carbons (Fsp3) is 0.800. The Balaban J connectivity index is 4.49. The van der Waals surface area contributed by atoms with Gasteiger partial charge < -0.3 is 28.6 Å². The van der Waals surface area contributed by atoms with Crippen molar-refractivity contribution < 1.29 is 38.2 Å². The molecule has 0 radical (unpaired) electrons. The lowest BCUT2D eigenvalue weighted by Gasteiger charge is -2.34. The maximum absolute atomic E-state index is 12.5. The predicted molar refractivity (Wildman–Crippen MR) is 171 cm³/mol. The monoisotopic (exact) mass is 609 g/mol. The van der Waals surface area contributed by atoms with Gasteiger partial charge in [0.25, 0.3) is 0 Å². The van der Waals surface area contributed by atoms with E-state index < -0.39 is 18.1 Å². The van der Waals surface area contributed by atoms with Crippen molar-refractivity contribution in [1.82, 2.24) is 0 Å². The zero-order chi connectivity index (χ0) is 32.2. The molecule has 0 aliphatic carbocycles. The topological polar surface area (TPSA) is 102 Å². The summed E-state index contributed by atoms with van der Waals surface area (Å²) >= 11 is 0. The van der Waals surface area contributed by atoms with Crippen LogP contribution < -0.4 is 5.11 Å². The molecule has 0 N–H and O–H groups in total. The molecule has 0 spiro atoms. The molecule has 0 aromatic heterocycles. The first-order chi connectivity index (χ1) is 20.6. The number of likely N-dealkylation sites (N-methyl/N-ethyl adjacent to an activating group) is 1. The van der Waals surface area contributed by atoms with Gasteiger partial charge >= 0.3 is 11.9 Å². The third kappa shape index (κ3) is 26.0. The number of hydrogen-bond acceptors (Lipinski definition) is 7. The van der Waals surface area contributed by atoms with E-state index in [4.69, 9.17) is 14.2 Å². The third-order valence-electron chi connectivity index (χ3n) is 7.35. The first-order valence-electron chi connectivity index (χ1n) is 16.9. The van der Waals surface area contributed by atoms with E-state index in [0.29, 0.717) is 12.8 Å². The van der Waals surface area contributed by atoms with Gasteiger partial charge in [0, 0.05) is 19.3 Å². The summed E-state index contributed by atoms with van der Waals surface area (Å²) in [7, 11) is 5.38. The number of allylic oxidation sites excluding steroid dienone is 4. The number of carboxylic acid groups (broad SMARTS) is 1. The molecule has 0 saturated heterocycles. The van der Waals surface area contributed by atoms with Crippen LogP contribution in [-0.4, -0.2) is 75.5 Å². The Morgan fingerprint density at radius 1 is 0.721 bits per heavy atom. The van der Waals surface area contributed by atoms with E-state index in [1.54, 1.807) is 21.1 Å². The number of unbranched alkanes of at least 4 members (excludes halogenated alkanes) is 11. The van der Waals surface area contributed by atoms with Gasteiger partial charge in [0.15, 0.2) is 6.10 Å². The molecule has 0 aliphatic rings. The maximum atomic E-state index is 12.5. The zero-order valence-corrected chi connectivity index (χ0v) is 28.1. The van der Waals surface area contributed by atoms with Gasteiger partial charge in [0.05, 0.1) is 40.3 Å². The summed E-state index contributed by atoms with van der Waals surface area (Å²) in [5.74, 6) is -1.77. The Kier molecular flexibility index (Phi) is 26.0. The van der Waals surface area contributed by atoms with E-state index >= 15 is 0 Å². The van der Waals surface area contributed by atoms with Crippen LogP contribution in [0.2, 0.25) is 0 Å². The van der Waals surface area contributed by atoms with Crippen molar-refractivity contribution in [2.45, 2.75) is 142 Å². The van der Waals surface area contributed by atoms with Crippen molar-refractivity contribution in [3.8, 4) is 0 Å². The van der Waals surface area contributed by atoms with Crippen LogP contribution in [-0.2, 0) is 28.6 Å². The fourth-order valence-electron chi connectivity index (χ4n) is 4.69. The quantitative estimate of drug-likeness (QED) is 0.0415. The van der Waals surface area contributed by atoms with Crippen molar-refractivity contribution in [3.05, 3.63) is 24.3 Å². The highest BCUT2D eigenvalue weighted by Gasteiger charge is 2.25. The first-order valence-corrected chi connectivity index (χ1v) is 16.9. The smallest absolute Gasteiger partial charge is 0.306 e. The summed E-state index contributed by atoms with van der Waals surface area (Å²) in [6.45, 7) is 4.46. The van der Waals surface area contributed by atoms with Crippen molar-refractivity contribution in [2.75, 3.05) is 41.0 Å². The number of aliphatic carboxylic acids is 1. The van der Waals surface area contributed by atoms with Crippen LogP contribution in [0.4, 0.5) is 0 Å². The normalized spacial score (nSPS) is 13.4. The van der Waals surface area contributed by atoms with Crippen LogP contribution in [0, 0.1) is 0 Å². The van der Waals surface area contributed by atoms with E-state index in [2.05, 4.69) is 38.2 Å². The molecule has 0 rings (SSSR count). The minimum absolute atomic E-state index is 0.0368. The second-order valence-electron chi connectivity index (χ2n) is 12.4. The molecule has 43 heavy (non-hydrogen) atoms. The molecule has 0 heterocycles. The van der Waals surface area contributed by atoms with Gasteiger partial charge in [0.2, 0.25) is 0 Å². The second-order valence-corrected chi connectivity index (χ2v) is 12.4. The van der Waals surface area contributed by atoms with E-state index in [0.717, 1.165) is 70.6 Å². The number of carbonyl (C=O) groups is 3. The molecular formula is C35H63NO7. The molecule has 0 fully saturated rings. The molecule has 2 unspecified atom stereocenters. The lowest BCUT2D eigenvalue weighted by molar-refractivity contribution is -0.889. The van der Waals surface area contributed by atoms with Gasteiger partial charge in [-0.05, 0) is 38.5 Å². The van der Waals surface area contributed by atoms with Crippen molar-refractivity contribution >= 4 is 17.9 Å². The van der Waals surface area contributed by atoms with Gasteiger partial charge in [-0.25, -0.2) is 0 Å². The van der Waals surface area contributed by atoms with E-state index in [1.807, 2.05) is 0 Å². The lowest BCUT2D eigenvalue weighted by Crippen LogP contribution is -2.55. The Morgan fingerprint density at radius 2 is 1.30 bits per heavy atom. The minimum atomic E-state index is -1.13. The van der Waals surface area contributed by atoms with Gasteiger partial charge in [0.1, 0.15) is 12.6 Å². The summed E-state index contributed by atoms with van der Waals surface area (Å²) in [6, 6.07) is -0.722. The Morgan fingerprint density at radius 3 is 1.91 bits per heavy atom. The SMILES string of the molecule is CC/C=C/C/C=C/CCCCCCCC(=O)OC(COCCC(C(=O)[O-])[N+](C)(C)C)COC(=O)CCCCCCCCC. The standard InChI is InChI=1S/C35H63NO7/c1-6-8-10-12-14-15-16-17-18-20-22-24-26-34(38)43-31(29-41-28-27-32(35(39)40)36(3,4)5)30-42-33(37)25-23-21-19-13-11-9-7-2/h8,10,14-15,31-32H,6-7,9,11-13,16-30H2,1-5H3/b10-8+,15-14+. The number of quaternary nitrogens is 1. The molecule has 8 nitrogen and oxygen atoms in total. The molecule has 250 valence electrons. The molecule has 0 bridgehead atoms.